The van der Waals surface area contributed by atoms with E-state index in [1.54, 1.807) is 0 Å². The van der Waals surface area contributed by atoms with E-state index in [-0.39, 0.29) is 29.6 Å². The molecule has 0 radical (unpaired) electrons. The number of halogens is 1. The maximum absolute atomic E-state index is 13.2. The molecule has 2 N–H and O–H groups in total. The number of carbonyl (C=O) groups excluding carboxylic acids is 1. The van der Waals surface area contributed by atoms with Crippen LogP contribution in [-0.4, -0.2) is 23.4 Å². The van der Waals surface area contributed by atoms with Gasteiger partial charge in [-0.3, -0.25) is 4.79 Å². The van der Waals surface area contributed by atoms with Gasteiger partial charge in [0.15, 0.2) is 0 Å². The van der Waals surface area contributed by atoms with E-state index < -0.39 is 5.82 Å². The molecule has 96 valence electrons. The van der Waals surface area contributed by atoms with Crippen LogP contribution in [0, 0.1) is 17.1 Å². The van der Waals surface area contributed by atoms with Crippen LogP contribution in [-0.2, 0) is 0 Å². The smallest absolute Gasteiger partial charge is 0.254 e. The Morgan fingerprint density at radius 2 is 2.17 bits per heavy atom. The standard InChI is InChI=1S/C13H16FN3O/c1-9(2)17(5-3-4-15)13(18)10-6-11(14)8-12(16)7-10/h6-9H,3,5,16H2,1-2H3. The lowest BCUT2D eigenvalue weighted by atomic mass is 10.1. The van der Waals surface area contributed by atoms with Gasteiger partial charge in [0.2, 0.25) is 0 Å². The Morgan fingerprint density at radius 3 is 2.67 bits per heavy atom. The summed E-state index contributed by atoms with van der Waals surface area (Å²) in [6.45, 7) is 4.01. The molecule has 0 fully saturated rings. The topological polar surface area (TPSA) is 70.1 Å². The summed E-state index contributed by atoms with van der Waals surface area (Å²) in [4.78, 5) is 13.7. The molecule has 4 nitrogen and oxygen atoms in total. The van der Waals surface area contributed by atoms with Gasteiger partial charge < -0.3 is 10.6 Å². The number of amides is 1. The van der Waals surface area contributed by atoms with E-state index in [0.717, 1.165) is 12.1 Å². The summed E-state index contributed by atoms with van der Waals surface area (Å²) in [6, 6.07) is 5.68. The minimum Gasteiger partial charge on any atom is -0.399 e. The number of carbonyl (C=O) groups is 1. The number of hydrogen-bond donors (Lipinski definition) is 1. The Bertz CT molecular complexity index is 459. The van der Waals surface area contributed by atoms with Gasteiger partial charge >= 0.3 is 0 Å². The lowest BCUT2D eigenvalue weighted by Crippen LogP contribution is -2.37. The van der Waals surface area contributed by atoms with Gasteiger partial charge in [0, 0.05) is 23.8 Å². The maximum Gasteiger partial charge on any atom is 0.254 e. The zero-order valence-corrected chi connectivity index (χ0v) is 10.5. The van der Waals surface area contributed by atoms with Crippen molar-refractivity contribution in [3.8, 4) is 6.07 Å². The molecular weight excluding hydrogens is 233 g/mol. The molecule has 0 unspecified atom stereocenters. The highest BCUT2D eigenvalue weighted by Crippen LogP contribution is 2.14. The summed E-state index contributed by atoms with van der Waals surface area (Å²) in [7, 11) is 0. The monoisotopic (exact) mass is 249 g/mol. The van der Waals surface area contributed by atoms with Crippen LogP contribution in [0.3, 0.4) is 0 Å². The molecule has 0 bridgehead atoms. The van der Waals surface area contributed by atoms with Crippen molar-refractivity contribution in [1.29, 1.82) is 5.26 Å². The van der Waals surface area contributed by atoms with Crippen molar-refractivity contribution < 1.29 is 9.18 Å². The largest absolute Gasteiger partial charge is 0.399 e. The first-order chi connectivity index (χ1) is 8.45. The Labute approximate surface area is 106 Å². The number of nitrogens with two attached hydrogens (primary N) is 1. The predicted octanol–water partition coefficient (Wildman–Crippen LogP) is 2.17. The van der Waals surface area contributed by atoms with Gasteiger partial charge in [-0.1, -0.05) is 0 Å². The predicted molar refractivity (Wildman–Crippen MR) is 67.2 cm³/mol. The average molecular weight is 249 g/mol. The zero-order valence-electron chi connectivity index (χ0n) is 10.5. The second kappa shape index (κ2) is 6.01. The maximum atomic E-state index is 13.2. The van der Waals surface area contributed by atoms with Crippen LogP contribution in [0.2, 0.25) is 0 Å². The first kappa shape index (κ1) is 14.0. The van der Waals surface area contributed by atoms with E-state index >= 15 is 0 Å². The Morgan fingerprint density at radius 1 is 1.50 bits per heavy atom. The normalized spacial score (nSPS) is 10.2. The average Bonchev–Trinajstić information content (AvgIpc) is 2.27. The van der Waals surface area contributed by atoms with Crippen LogP contribution >= 0.6 is 0 Å². The SMILES string of the molecule is CC(C)N(CCC#N)C(=O)c1cc(N)cc(F)c1. The summed E-state index contributed by atoms with van der Waals surface area (Å²) < 4.78 is 13.2. The van der Waals surface area contributed by atoms with Gasteiger partial charge in [-0.2, -0.15) is 5.26 Å². The number of nitriles is 1. The zero-order chi connectivity index (χ0) is 13.7. The highest BCUT2D eigenvalue weighted by atomic mass is 19.1. The molecular formula is C13H16FN3O. The number of nitrogen functional groups attached to an aromatic ring is 1. The van der Waals surface area contributed by atoms with E-state index in [4.69, 9.17) is 11.0 Å². The van der Waals surface area contributed by atoms with Crippen molar-refractivity contribution in [2.75, 3.05) is 12.3 Å². The summed E-state index contributed by atoms with van der Waals surface area (Å²) in [5.74, 6) is -0.853. The van der Waals surface area contributed by atoms with Crippen LogP contribution in [0.1, 0.15) is 30.6 Å². The van der Waals surface area contributed by atoms with Gasteiger partial charge in [0.05, 0.1) is 12.5 Å². The lowest BCUT2D eigenvalue weighted by Gasteiger charge is -2.26. The molecule has 5 heteroatoms. The van der Waals surface area contributed by atoms with Gasteiger partial charge in [0.25, 0.3) is 5.91 Å². The molecule has 0 aliphatic heterocycles. The molecule has 0 saturated carbocycles. The third kappa shape index (κ3) is 3.45. The minimum atomic E-state index is -0.540. The highest BCUT2D eigenvalue weighted by molar-refractivity contribution is 5.95. The molecule has 18 heavy (non-hydrogen) atoms. The van der Waals surface area contributed by atoms with E-state index in [1.807, 2.05) is 19.9 Å². The van der Waals surface area contributed by atoms with Crippen LogP contribution in [0.5, 0.6) is 0 Å². The van der Waals surface area contributed by atoms with E-state index in [2.05, 4.69) is 0 Å². The molecule has 0 aromatic heterocycles. The first-order valence-corrected chi connectivity index (χ1v) is 5.69. The summed E-state index contributed by atoms with van der Waals surface area (Å²) in [6.07, 6.45) is 0.245. The van der Waals surface area contributed by atoms with E-state index in [9.17, 15) is 9.18 Å². The van der Waals surface area contributed by atoms with Crippen molar-refractivity contribution in [3.63, 3.8) is 0 Å². The van der Waals surface area contributed by atoms with Gasteiger partial charge in [-0.05, 0) is 32.0 Å². The lowest BCUT2D eigenvalue weighted by molar-refractivity contribution is 0.0710. The van der Waals surface area contributed by atoms with Crippen LogP contribution in [0.25, 0.3) is 0 Å². The fourth-order valence-corrected chi connectivity index (χ4v) is 1.67. The van der Waals surface area contributed by atoms with Crippen LogP contribution in [0.15, 0.2) is 18.2 Å². The molecule has 0 aliphatic rings. The molecule has 0 heterocycles. The van der Waals surface area contributed by atoms with Crippen molar-refractivity contribution >= 4 is 11.6 Å². The van der Waals surface area contributed by atoms with Crippen LogP contribution < -0.4 is 5.73 Å². The highest BCUT2D eigenvalue weighted by Gasteiger charge is 2.19. The Balaban J connectivity index is 2.98. The molecule has 0 atom stereocenters. The molecule has 1 rings (SSSR count). The minimum absolute atomic E-state index is 0.0599. The number of rotatable bonds is 4. The van der Waals surface area contributed by atoms with Gasteiger partial charge in [-0.25, -0.2) is 4.39 Å². The third-order valence-corrected chi connectivity index (χ3v) is 2.52. The fraction of sp³-hybridized carbons (Fsp3) is 0.385. The van der Waals surface area contributed by atoms with E-state index in [1.165, 1.54) is 11.0 Å². The van der Waals surface area contributed by atoms with Crippen molar-refractivity contribution in [3.05, 3.63) is 29.6 Å². The molecule has 1 amide bonds. The summed E-state index contributed by atoms with van der Waals surface area (Å²) >= 11 is 0. The fourth-order valence-electron chi connectivity index (χ4n) is 1.67. The van der Waals surface area contributed by atoms with Crippen LogP contribution in [0.4, 0.5) is 10.1 Å². The quantitative estimate of drug-likeness (QED) is 0.831. The third-order valence-electron chi connectivity index (χ3n) is 2.52. The van der Waals surface area contributed by atoms with Crippen molar-refractivity contribution in [2.24, 2.45) is 0 Å². The second-order valence-electron chi connectivity index (χ2n) is 4.27. The number of anilines is 1. The molecule has 0 spiro atoms. The summed E-state index contributed by atoms with van der Waals surface area (Å²) in [5.41, 5.74) is 5.93. The number of benzene rings is 1. The van der Waals surface area contributed by atoms with Crippen molar-refractivity contribution in [2.45, 2.75) is 26.3 Å². The number of nitrogens with zero attached hydrogens (tertiary/aromatic N) is 2. The second-order valence-corrected chi connectivity index (χ2v) is 4.27. The summed E-state index contributed by atoms with van der Waals surface area (Å²) in [5, 5.41) is 8.57. The first-order valence-electron chi connectivity index (χ1n) is 5.69. The van der Waals surface area contributed by atoms with Gasteiger partial charge in [-0.15, -0.1) is 0 Å². The number of hydrogen-bond acceptors (Lipinski definition) is 3. The van der Waals surface area contributed by atoms with Gasteiger partial charge in [0.1, 0.15) is 5.82 Å². The molecule has 0 saturated heterocycles. The molecule has 1 aromatic rings. The van der Waals surface area contributed by atoms with Crippen molar-refractivity contribution in [1.82, 2.24) is 4.90 Å². The molecule has 1 aromatic carbocycles. The Kier molecular flexibility index (Phi) is 4.67. The van der Waals surface area contributed by atoms with E-state index in [0.29, 0.717) is 6.54 Å². The Hall–Kier alpha value is -2.09. The molecule has 0 aliphatic carbocycles.